The van der Waals surface area contributed by atoms with Gasteiger partial charge in [0, 0.05) is 6.54 Å². The molecule has 1 saturated carbocycles. The number of methoxy groups -OCH3 is 1. The van der Waals surface area contributed by atoms with E-state index in [4.69, 9.17) is 4.74 Å². The van der Waals surface area contributed by atoms with Crippen molar-refractivity contribution in [2.75, 3.05) is 20.3 Å². The number of amides is 1. The third-order valence-electron chi connectivity index (χ3n) is 2.21. The van der Waals surface area contributed by atoms with Crippen LogP contribution in [0.1, 0.15) is 25.7 Å². The Labute approximate surface area is 78.6 Å². The highest BCUT2D eigenvalue weighted by Crippen LogP contribution is 2.20. The van der Waals surface area contributed by atoms with E-state index in [0.717, 1.165) is 12.8 Å². The molecule has 0 spiro atoms. The quantitative estimate of drug-likeness (QED) is 0.675. The predicted octanol–water partition coefficient (Wildman–Crippen LogP) is 1.30. The highest BCUT2D eigenvalue weighted by atomic mass is 16.5. The average Bonchev–Trinajstić information content (AvgIpc) is 2.64. The van der Waals surface area contributed by atoms with E-state index in [1.165, 1.54) is 20.0 Å². The summed E-state index contributed by atoms with van der Waals surface area (Å²) in [6, 6.07) is 0. The summed E-state index contributed by atoms with van der Waals surface area (Å²) in [6.45, 7) is 1.11. The molecule has 4 heteroatoms. The monoisotopic (exact) mass is 187 g/mol. The van der Waals surface area contributed by atoms with Crippen LogP contribution >= 0.6 is 0 Å². The van der Waals surface area contributed by atoms with Gasteiger partial charge in [0.1, 0.15) is 0 Å². The SMILES string of the molecule is COC(=O)NCCOC1CCCC1. The zero-order valence-electron chi connectivity index (χ0n) is 8.04. The summed E-state index contributed by atoms with van der Waals surface area (Å²) in [5.74, 6) is 0. The van der Waals surface area contributed by atoms with Gasteiger partial charge in [0.2, 0.25) is 0 Å². The van der Waals surface area contributed by atoms with Crippen molar-refractivity contribution in [1.29, 1.82) is 0 Å². The van der Waals surface area contributed by atoms with E-state index < -0.39 is 6.09 Å². The van der Waals surface area contributed by atoms with Crippen LogP contribution in [-0.2, 0) is 9.47 Å². The van der Waals surface area contributed by atoms with Gasteiger partial charge in [0.25, 0.3) is 0 Å². The lowest BCUT2D eigenvalue weighted by Gasteiger charge is -2.10. The lowest BCUT2D eigenvalue weighted by Crippen LogP contribution is -2.28. The van der Waals surface area contributed by atoms with Crippen molar-refractivity contribution >= 4 is 6.09 Å². The number of carbonyl (C=O) groups is 1. The normalized spacial score (nSPS) is 17.3. The molecule has 0 aliphatic heterocycles. The molecule has 0 aromatic carbocycles. The second-order valence-corrected chi connectivity index (χ2v) is 3.20. The van der Waals surface area contributed by atoms with Crippen molar-refractivity contribution in [2.45, 2.75) is 31.8 Å². The highest BCUT2D eigenvalue weighted by Gasteiger charge is 2.14. The molecule has 1 amide bonds. The van der Waals surface area contributed by atoms with E-state index in [9.17, 15) is 4.79 Å². The van der Waals surface area contributed by atoms with Crippen LogP contribution in [0.4, 0.5) is 4.79 Å². The van der Waals surface area contributed by atoms with Crippen LogP contribution in [0.3, 0.4) is 0 Å². The molecule has 1 aliphatic rings. The van der Waals surface area contributed by atoms with Gasteiger partial charge < -0.3 is 14.8 Å². The Morgan fingerprint density at radius 2 is 2.15 bits per heavy atom. The maximum atomic E-state index is 10.6. The Morgan fingerprint density at radius 1 is 1.46 bits per heavy atom. The minimum Gasteiger partial charge on any atom is -0.453 e. The van der Waals surface area contributed by atoms with Crippen molar-refractivity contribution in [3.8, 4) is 0 Å². The van der Waals surface area contributed by atoms with Gasteiger partial charge in [-0.25, -0.2) is 4.79 Å². The van der Waals surface area contributed by atoms with E-state index in [1.54, 1.807) is 0 Å². The zero-order chi connectivity index (χ0) is 9.52. The van der Waals surface area contributed by atoms with Crippen LogP contribution in [0.5, 0.6) is 0 Å². The van der Waals surface area contributed by atoms with Crippen LogP contribution in [-0.4, -0.2) is 32.5 Å². The molecule has 1 rings (SSSR count). The van der Waals surface area contributed by atoms with Crippen molar-refractivity contribution in [1.82, 2.24) is 5.32 Å². The van der Waals surface area contributed by atoms with Crippen LogP contribution < -0.4 is 5.32 Å². The van der Waals surface area contributed by atoms with Crippen LogP contribution in [0, 0.1) is 0 Å². The molecule has 1 N–H and O–H groups in total. The van der Waals surface area contributed by atoms with E-state index in [-0.39, 0.29) is 0 Å². The number of carbonyl (C=O) groups excluding carboxylic acids is 1. The minimum absolute atomic E-state index is 0.393. The van der Waals surface area contributed by atoms with Crippen LogP contribution in [0.25, 0.3) is 0 Å². The summed E-state index contributed by atoms with van der Waals surface area (Å²) in [7, 11) is 1.35. The first-order chi connectivity index (χ1) is 6.33. The molecule has 0 unspecified atom stereocenters. The molecule has 0 atom stereocenters. The number of nitrogens with one attached hydrogen (secondary N) is 1. The maximum Gasteiger partial charge on any atom is 0.406 e. The minimum atomic E-state index is -0.393. The third-order valence-corrected chi connectivity index (χ3v) is 2.21. The molecule has 4 nitrogen and oxygen atoms in total. The topological polar surface area (TPSA) is 47.6 Å². The average molecular weight is 187 g/mol. The Kier molecular flexibility index (Phi) is 4.60. The molecule has 0 heterocycles. The molecule has 76 valence electrons. The maximum absolute atomic E-state index is 10.6. The van der Waals surface area contributed by atoms with Gasteiger partial charge in [-0.3, -0.25) is 0 Å². The summed E-state index contributed by atoms with van der Waals surface area (Å²) in [6.07, 6.45) is 4.90. The molecule has 0 aromatic rings. The van der Waals surface area contributed by atoms with E-state index in [2.05, 4.69) is 10.1 Å². The lowest BCUT2D eigenvalue weighted by molar-refractivity contribution is 0.0597. The standard InChI is InChI=1S/C9H17NO3/c1-12-9(11)10-6-7-13-8-4-2-3-5-8/h8H,2-7H2,1H3,(H,10,11). The second kappa shape index (κ2) is 5.80. The second-order valence-electron chi connectivity index (χ2n) is 3.20. The molecule has 0 radical (unpaired) electrons. The van der Waals surface area contributed by atoms with E-state index in [0.29, 0.717) is 19.3 Å². The largest absolute Gasteiger partial charge is 0.453 e. The Bertz CT molecular complexity index is 155. The first kappa shape index (κ1) is 10.3. The fourth-order valence-electron chi connectivity index (χ4n) is 1.51. The molecule has 1 fully saturated rings. The van der Waals surface area contributed by atoms with Gasteiger partial charge in [-0.2, -0.15) is 0 Å². The van der Waals surface area contributed by atoms with Gasteiger partial charge in [-0.05, 0) is 12.8 Å². The molecule has 0 aromatic heterocycles. The first-order valence-corrected chi connectivity index (χ1v) is 4.76. The van der Waals surface area contributed by atoms with Crippen LogP contribution in [0.15, 0.2) is 0 Å². The van der Waals surface area contributed by atoms with Gasteiger partial charge in [0.15, 0.2) is 0 Å². The smallest absolute Gasteiger partial charge is 0.406 e. The molecule has 0 bridgehead atoms. The number of ether oxygens (including phenoxy) is 2. The van der Waals surface area contributed by atoms with Crippen molar-refractivity contribution in [3.05, 3.63) is 0 Å². The van der Waals surface area contributed by atoms with Crippen LogP contribution in [0.2, 0.25) is 0 Å². The Balaban J connectivity index is 1.91. The van der Waals surface area contributed by atoms with Crippen molar-refractivity contribution in [2.24, 2.45) is 0 Å². The van der Waals surface area contributed by atoms with Gasteiger partial charge in [0.05, 0.1) is 19.8 Å². The number of rotatable bonds is 4. The highest BCUT2D eigenvalue weighted by molar-refractivity contribution is 5.66. The lowest BCUT2D eigenvalue weighted by atomic mass is 10.3. The molecule has 1 aliphatic carbocycles. The molecular formula is C9H17NO3. The Hall–Kier alpha value is -0.770. The Morgan fingerprint density at radius 3 is 2.77 bits per heavy atom. The number of alkyl carbamates (subject to hydrolysis) is 1. The third kappa shape index (κ3) is 4.12. The molecular weight excluding hydrogens is 170 g/mol. The number of hydrogen-bond donors (Lipinski definition) is 1. The van der Waals surface area contributed by atoms with Gasteiger partial charge in [-0.15, -0.1) is 0 Å². The number of hydrogen-bond acceptors (Lipinski definition) is 3. The van der Waals surface area contributed by atoms with Gasteiger partial charge >= 0.3 is 6.09 Å². The predicted molar refractivity (Wildman–Crippen MR) is 48.6 cm³/mol. The van der Waals surface area contributed by atoms with E-state index >= 15 is 0 Å². The summed E-state index contributed by atoms with van der Waals surface area (Å²) < 4.78 is 9.94. The van der Waals surface area contributed by atoms with E-state index in [1.807, 2.05) is 0 Å². The first-order valence-electron chi connectivity index (χ1n) is 4.76. The fraction of sp³-hybridized carbons (Fsp3) is 0.889. The zero-order valence-corrected chi connectivity index (χ0v) is 8.04. The van der Waals surface area contributed by atoms with Crippen molar-refractivity contribution < 1.29 is 14.3 Å². The summed E-state index contributed by atoms with van der Waals surface area (Å²) >= 11 is 0. The fourth-order valence-corrected chi connectivity index (χ4v) is 1.51. The summed E-state index contributed by atoms with van der Waals surface area (Å²) in [5.41, 5.74) is 0. The molecule has 13 heavy (non-hydrogen) atoms. The molecule has 0 saturated heterocycles. The summed E-state index contributed by atoms with van der Waals surface area (Å²) in [5, 5.41) is 2.57. The van der Waals surface area contributed by atoms with Crippen molar-refractivity contribution in [3.63, 3.8) is 0 Å². The van der Waals surface area contributed by atoms with Gasteiger partial charge in [-0.1, -0.05) is 12.8 Å². The summed E-state index contributed by atoms with van der Waals surface area (Å²) in [4.78, 5) is 10.6.